The molecule has 0 aliphatic carbocycles. The van der Waals surface area contributed by atoms with Crippen LogP contribution in [0.4, 0.5) is 0 Å². The second kappa shape index (κ2) is 5.31. The summed E-state index contributed by atoms with van der Waals surface area (Å²) in [6.07, 6.45) is -0.353. The molecule has 0 fully saturated rings. The first-order chi connectivity index (χ1) is 7.81. The lowest BCUT2D eigenvalue weighted by Gasteiger charge is -2.11. The molecule has 0 aliphatic rings. The minimum absolute atomic E-state index is 0.108. The Morgan fingerprint density at radius 2 is 2.06 bits per heavy atom. The number of carboxylic acid groups (broad SMARTS) is 1. The van der Waals surface area contributed by atoms with Gasteiger partial charge in [-0.1, -0.05) is 29.8 Å². The first kappa shape index (κ1) is 13.7. The molecule has 0 bridgehead atoms. The van der Waals surface area contributed by atoms with Gasteiger partial charge in [0.05, 0.1) is 17.4 Å². The van der Waals surface area contributed by atoms with Crippen LogP contribution in [0.15, 0.2) is 24.3 Å². The van der Waals surface area contributed by atoms with Crippen molar-refractivity contribution in [3.63, 3.8) is 0 Å². The van der Waals surface area contributed by atoms with E-state index in [1.807, 2.05) is 13.0 Å². The lowest BCUT2D eigenvalue weighted by atomic mass is 10.2. The molecule has 0 spiro atoms. The predicted octanol–water partition coefficient (Wildman–Crippen LogP) is 1.77. The Balaban J connectivity index is 2.83. The normalized spacial score (nSPS) is 13.3. The average molecular weight is 256 g/mol. The number of carboxylic acids is 1. The van der Waals surface area contributed by atoms with Crippen molar-refractivity contribution in [1.29, 1.82) is 0 Å². The van der Waals surface area contributed by atoms with Crippen LogP contribution in [0.2, 0.25) is 0 Å². The average Bonchev–Trinajstić information content (AvgIpc) is 2.15. The van der Waals surface area contributed by atoms with Gasteiger partial charge in [0.15, 0.2) is 9.84 Å². The molecule has 1 aromatic carbocycles. The van der Waals surface area contributed by atoms with Crippen molar-refractivity contribution in [3.8, 4) is 0 Å². The van der Waals surface area contributed by atoms with Gasteiger partial charge in [-0.15, -0.1) is 0 Å². The van der Waals surface area contributed by atoms with Crippen molar-refractivity contribution in [1.82, 2.24) is 0 Å². The summed E-state index contributed by atoms with van der Waals surface area (Å²) in [7, 11) is -3.41. The predicted molar refractivity (Wildman–Crippen MR) is 65.5 cm³/mol. The zero-order valence-electron chi connectivity index (χ0n) is 9.88. The number of aliphatic carboxylic acids is 1. The maximum Gasteiger partial charge on any atom is 0.304 e. The van der Waals surface area contributed by atoms with Crippen LogP contribution < -0.4 is 0 Å². The van der Waals surface area contributed by atoms with Gasteiger partial charge in [0, 0.05) is 0 Å². The first-order valence-corrected chi connectivity index (χ1v) is 7.01. The van der Waals surface area contributed by atoms with E-state index in [1.54, 1.807) is 18.2 Å². The fraction of sp³-hybridized carbons (Fsp3) is 0.417. The zero-order chi connectivity index (χ0) is 13.1. The summed E-state index contributed by atoms with van der Waals surface area (Å²) in [6, 6.07) is 7.21. The molecule has 1 aromatic rings. The Hall–Kier alpha value is -1.36. The maximum absolute atomic E-state index is 11.9. The topological polar surface area (TPSA) is 71.4 Å². The summed E-state index contributed by atoms with van der Waals surface area (Å²) in [6.45, 7) is 3.32. The molecule has 1 unspecified atom stereocenters. The lowest BCUT2D eigenvalue weighted by Crippen LogP contribution is -2.22. The van der Waals surface area contributed by atoms with Crippen LogP contribution in [0, 0.1) is 6.92 Å². The summed E-state index contributed by atoms with van der Waals surface area (Å²) in [5.74, 6) is -1.20. The second-order valence-corrected chi connectivity index (χ2v) is 6.62. The maximum atomic E-state index is 11.9. The van der Waals surface area contributed by atoms with Gasteiger partial charge in [-0.25, -0.2) is 8.42 Å². The number of carbonyl (C=O) groups is 1. The van der Waals surface area contributed by atoms with E-state index in [2.05, 4.69) is 0 Å². The molecule has 1 atom stereocenters. The molecule has 1 rings (SSSR count). The van der Waals surface area contributed by atoms with Crippen molar-refractivity contribution in [3.05, 3.63) is 35.4 Å². The van der Waals surface area contributed by atoms with E-state index in [0.717, 1.165) is 5.56 Å². The third kappa shape index (κ3) is 4.19. The van der Waals surface area contributed by atoms with Crippen molar-refractivity contribution in [2.75, 3.05) is 0 Å². The first-order valence-electron chi connectivity index (χ1n) is 5.30. The third-order valence-electron chi connectivity index (χ3n) is 2.53. The Labute approximate surface area is 101 Å². The van der Waals surface area contributed by atoms with Gasteiger partial charge in [-0.2, -0.15) is 0 Å². The lowest BCUT2D eigenvalue weighted by molar-refractivity contribution is -0.136. The number of hydrogen-bond acceptors (Lipinski definition) is 3. The van der Waals surface area contributed by atoms with Crippen molar-refractivity contribution >= 4 is 15.8 Å². The molecule has 0 aromatic heterocycles. The van der Waals surface area contributed by atoms with Crippen LogP contribution in [0.25, 0.3) is 0 Å². The number of sulfone groups is 1. The largest absolute Gasteiger partial charge is 0.481 e. The Bertz CT molecular complexity index is 505. The molecule has 0 saturated heterocycles. The van der Waals surface area contributed by atoms with Crippen LogP contribution >= 0.6 is 0 Å². The Morgan fingerprint density at radius 3 is 2.59 bits per heavy atom. The van der Waals surface area contributed by atoms with Crippen molar-refractivity contribution < 1.29 is 18.3 Å². The van der Waals surface area contributed by atoms with E-state index in [1.165, 1.54) is 6.92 Å². The summed E-state index contributed by atoms with van der Waals surface area (Å²) >= 11 is 0. The highest BCUT2D eigenvalue weighted by atomic mass is 32.2. The molecule has 5 heteroatoms. The van der Waals surface area contributed by atoms with Crippen LogP contribution in [-0.4, -0.2) is 24.7 Å². The van der Waals surface area contributed by atoms with Crippen molar-refractivity contribution in [2.45, 2.75) is 31.3 Å². The summed E-state index contributed by atoms with van der Waals surface area (Å²) in [5, 5.41) is 7.73. The molecular formula is C12H16O4S. The van der Waals surface area contributed by atoms with E-state index in [9.17, 15) is 13.2 Å². The highest BCUT2D eigenvalue weighted by Crippen LogP contribution is 2.14. The van der Waals surface area contributed by atoms with Gasteiger partial charge in [0.25, 0.3) is 0 Å². The van der Waals surface area contributed by atoms with E-state index in [4.69, 9.17) is 5.11 Å². The Kier molecular flexibility index (Phi) is 4.28. The van der Waals surface area contributed by atoms with E-state index in [0.29, 0.717) is 5.56 Å². The quantitative estimate of drug-likeness (QED) is 0.871. The third-order valence-corrected chi connectivity index (χ3v) is 4.65. The highest BCUT2D eigenvalue weighted by molar-refractivity contribution is 7.91. The molecular weight excluding hydrogens is 240 g/mol. The molecule has 1 N–H and O–H groups in total. The molecule has 94 valence electrons. The summed E-state index contributed by atoms with van der Waals surface area (Å²) in [4.78, 5) is 10.5. The fourth-order valence-electron chi connectivity index (χ4n) is 1.55. The number of aryl methyl sites for hydroxylation is 1. The van der Waals surface area contributed by atoms with Crippen molar-refractivity contribution in [2.24, 2.45) is 0 Å². The Morgan fingerprint density at radius 1 is 1.41 bits per heavy atom. The number of rotatable bonds is 5. The molecule has 17 heavy (non-hydrogen) atoms. The second-order valence-electron chi connectivity index (χ2n) is 4.20. The van der Waals surface area contributed by atoms with Crippen LogP contribution in [0.1, 0.15) is 24.5 Å². The van der Waals surface area contributed by atoms with Crippen LogP contribution in [0.5, 0.6) is 0 Å². The smallest absolute Gasteiger partial charge is 0.304 e. The zero-order valence-corrected chi connectivity index (χ0v) is 10.7. The van der Waals surface area contributed by atoms with Crippen LogP contribution in [0.3, 0.4) is 0 Å². The molecule has 0 heterocycles. The fourth-order valence-corrected chi connectivity index (χ4v) is 2.87. The van der Waals surface area contributed by atoms with E-state index in [-0.39, 0.29) is 12.2 Å². The minimum Gasteiger partial charge on any atom is -0.481 e. The molecule has 0 aliphatic heterocycles. The van der Waals surface area contributed by atoms with Crippen LogP contribution in [-0.2, 0) is 20.4 Å². The standard InChI is InChI=1S/C12H16O4S/c1-9-4-3-5-11(6-9)8-17(15,16)10(2)7-12(13)14/h3-6,10H,7-8H2,1-2H3,(H,13,14). The summed E-state index contributed by atoms with van der Waals surface area (Å²) < 4.78 is 23.8. The minimum atomic E-state index is -3.41. The molecule has 0 saturated carbocycles. The van der Waals surface area contributed by atoms with Gasteiger partial charge in [-0.05, 0) is 19.4 Å². The van der Waals surface area contributed by atoms with Gasteiger partial charge in [0.2, 0.25) is 0 Å². The monoisotopic (exact) mass is 256 g/mol. The number of hydrogen-bond donors (Lipinski definition) is 1. The molecule has 0 amide bonds. The SMILES string of the molecule is Cc1cccc(CS(=O)(=O)C(C)CC(=O)O)c1. The summed E-state index contributed by atoms with van der Waals surface area (Å²) in [5.41, 5.74) is 1.69. The van der Waals surface area contributed by atoms with E-state index < -0.39 is 21.1 Å². The van der Waals surface area contributed by atoms with Gasteiger partial charge >= 0.3 is 5.97 Å². The number of benzene rings is 1. The van der Waals surface area contributed by atoms with Gasteiger partial charge in [-0.3, -0.25) is 4.79 Å². The molecule has 4 nitrogen and oxygen atoms in total. The van der Waals surface area contributed by atoms with Gasteiger partial charge < -0.3 is 5.11 Å². The van der Waals surface area contributed by atoms with E-state index >= 15 is 0 Å². The molecule has 0 radical (unpaired) electrons. The highest BCUT2D eigenvalue weighted by Gasteiger charge is 2.23. The van der Waals surface area contributed by atoms with Gasteiger partial charge in [0.1, 0.15) is 0 Å².